The highest BCUT2D eigenvalue weighted by Crippen LogP contribution is 2.27. The molecule has 36 heavy (non-hydrogen) atoms. The topological polar surface area (TPSA) is 127 Å². The Bertz CT molecular complexity index is 1120. The number of aromatic amines is 1. The number of carbonyl (C=O) groups is 2. The smallest absolute Gasteiger partial charge is 0.408 e. The van der Waals surface area contributed by atoms with E-state index >= 15 is 0 Å². The number of hydrogen-bond donors (Lipinski definition) is 3. The van der Waals surface area contributed by atoms with E-state index in [2.05, 4.69) is 32.7 Å². The number of H-pyrrole nitrogens is 1. The van der Waals surface area contributed by atoms with E-state index in [0.717, 1.165) is 18.4 Å². The number of amides is 2. The van der Waals surface area contributed by atoms with E-state index in [1.807, 2.05) is 30.3 Å². The second kappa shape index (κ2) is 14.1. The number of aromatic nitrogens is 2. The standard InChI is InChI=1S/C26H31N5O5/c1-3-4-12-35-23-11-10-20(13-24(23)34-2)15-29-31-25(32)22(14-21-16-27-18-28-21)30-26(33)36-17-19-8-6-5-7-9-19/h5-11,13,15-16,18,22H,3-4,12,14,17H2,1-2H3,(H,27,28)(H,30,33)(H,31,32)/b29-15-/t22-/m1/s1. The first-order chi connectivity index (χ1) is 17.6. The van der Waals surface area contributed by atoms with E-state index in [-0.39, 0.29) is 13.0 Å². The molecule has 1 heterocycles. The van der Waals surface area contributed by atoms with E-state index < -0.39 is 18.0 Å². The fraction of sp³-hybridized carbons (Fsp3) is 0.308. The van der Waals surface area contributed by atoms with Crippen molar-refractivity contribution in [3.63, 3.8) is 0 Å². The van der Waals surface area contributed by atoms with Gasteiger partial charge in [0.05, 0.1) is 26.3 Å². The summed E-state index contributed by atoms with van der Waals surface area (Å²) in [6.07, 6.45) is 6.01. The molecule has 0 fully saturated rings. The molecule has 10 heteroatoms. The first-order valence-electron chi connectivity index (χ1n) is 11.7. The molecule has 2 aromatic carbocycles. The molecular weight excluding hydrogens is 462 g/mol. The maximum absolute atomic E-state index is 12.8. The Kier molecular flexibility index (Phi) is 10.3. The lowest BCUT2D eigenvalue weighted by molar-refractivity contribution is -0.123. The summed E-state index contributed by atoms with van der Waals surface area (Å²) in [4.78, 5) is 32.0. The van der Waals surface area contributed by atoms with Gasteiger partial charge >= 0.3 is 6.09 Å². The fourth-order valence-electron chi connectivity index (χ4n) is 3.19. The quantitative estimate of drug-likeness (QED) is 0.190. The summed E-state index contributed by atoms with van der Waals surface area (Å²) >= 11 is 0. The van der Waals surface area contributed by atoms with Gasteiger partial charge in [0.25, 0.3) is 5.91 Å². The van der Waals surface area contributed by atoms with Gasteiger partial charge in [-0.25, -0.2) is 15.2 Å². The number of unbranched alkanes of at least 4 members (excludes halogenated alkanes) is 1. The van der Waals surface area contributed by atoms with Gasteiger partial charge in [-0.05, 0) is 35.7 Å². The van der Waals surface area contributed by atoms with Crippen LogP contribution in [0.5, 0.6) is 11.5 Å². The molecular formula is C26H31N5O5. The van der Waals surface area contributed by atoms with Crippen molar-refractivity contribution in [3.05, 3.63) is 77.9 Å². The molecule has 3 N–H and O–H groups in total. The van der Waals surface area contributed by atoms with Gasteiger partial charge < -0.3 is 24.5 Å². The number of nitrogens with one attached hydrogen (secondary N) is 3. The van der Waals surface area contributed by atoms with Crippen molar-refractivity contribution in [2.24, 2.45) is 5.10 Å². The Morgan fingerprint density at radius 3 is 2.72 bits per heavy atom. The molecule has 1 atom stereocenters. The van der Waals surface area contributed by atoms with Gasteiger partial charge in [0.2, 0.25) is 0 Å². The van der Waals surface area contributed by atoms with Crippen LogP contribution in [0.3, 0.4) is 0 Å². The zero-order valence-electron chi connectivity index (χ0n) is 20.4. The zero-order chi connectivity index (χ0) is 25.6. The molecule has 10 nitrogen and oxygen atoms in total. The second-order valence-corrected chi connectivity index (χ2v) is 7.89. The van der Waals surface area contributed by atoms with Crippen LogP contribution in [0.1, 0.15) is 36.6 Å². The maximum Gasteiger partial charge on any atom is 0.408 e. The molecule has 3 rings (SSSR count). The first-order valence-corrected chi connectivity index (χ1v) is 11.7. The number of hydrogen-bond acceptors (Lipinski definition) is 7. The van der Waals surface area contributed by atoms with E-state index in [4.69, 9.17) is 14.2 Å². The number of hydrazone groups is 1. The van der Waals surface area contributed by atoms with E-state index in [9.17, 15) is 9.59 Å². The highest BCUT2D eigenvalue weighted by atomic mass is 16.5. The van der Waals surface area contributed by atoms with Crippen LogP contribution in [0.25, 0.3) is 0 Å². The third-order valence-corrected chi connectivity index (χ3v) is 5.13. The monoisotopic (exact) mass is 493 g/mol. The molecule has 0 unspecified atom stereocenters. The van der Waals surface area contributed by atoms with E-state index in [1.165, 1.54) is 12.5 Å². The van der Waals surface area contributed by atoms with E-state index in [0.29, 0.717) is 29.4 Å². The fourth-order valence-corrected chi connectivity index (χ4v) is 3.19. The number of carbonyl (C=O) groups excluding carboxylic acids is 2. The normalized spacial score (nSPS) is 11.6. The van der Waals surface area contributed by atoms with Gasteiger partial charge in [0.1, 0.15) is 12.6 Å². The predicted molar refractivity (Wildman–Crippen MR) is 135 cm³/mol. The summed E-state index contributed by atoms with van der Waals surface area (Å²) in [7, 11) is 1.56. The number of methoxy groups -OCH3 is 1. The van der Waals surface area contributed by atoms with Crippen molar-refractivity contribution in [1.29, 1.82) is 0 Å². The lowest BCUT2D eigenvalue weighted by Gasteiger charge is -2.16. The van der Waals surface area contributed by atoms with Crippen LogP contribution in [-0.4, -0.2) is 47.9 Å². The molecule has 0 aliphatic heterocycles. The van der Waals surface area contributed by atoms with Crippen molar-refractivity contribution in [2.45, 2.75) is 38.8 Å². The Morgan fingerprint density at radius 1 is 1.17 bits per heavy atom. The summed E-state index contributed by atoms with van der Waals surface area (Å²) < 4.78 is 16.4. The third-order valence-electron chi connectivity index (χ3n) is 5.13. The highest BCUT2D eigenvalue weighted by Gasteiger charge is 2.22. The number of benzene rings is 2. The molecule has 0 bridgehead atoms. The third kappa shape index (κ3) is 8.46. The minimum absolute atomic E-state index is 0.0865. The molecule has 0 saturated heterocycles. The Labute approximate surface area is 210 Å². The Morgan fingerprint density at radius 2 is 2.00 bits per heavy atom. The zero-order valence-corrected chi connectivity index (χ0v) is 20.4. The van der Waals surface area contributed by atoms with E-state index in [1.54, 1.807) is 31.5 Å². The van der Waals surface area contributed by atoms with Crippen molar-refractivity contribution in [1.82, 2.24) is 20.7 Å². The SMILES string of the molecule is CCCCOc1ccc(/C=N\NC(=O)[C@@H](Cc2cnc[nH]2)NC(=O)OCc2ccccc2)cc1OC. The minimum atomic E-state index is -0.935. The highest BCUT2D eigenvalue weighted by molar-refractivity contribution is 5.87. The number of ether oxygens (including phenoxy) is 3. The van der Waals surface area contributed by atoms with Crippen LogP contribution >= 0.6 is 0 Å². The van der Waals surface area contributed by atoms with Gasteiger partial charge in [-0.3, -0.25) is 4.79 Å². The van der Waals surface area contributed by atoms with Gasteiger partial charge in [-0.2, -0.15) is 5.10 Å². The van der Waals surface area contributed by atoms with Gasteiger partial charge in [0.15, 0.2) is 11.5 Å². The molecule has 0 aliphatic rings. The summed E-state index contributed by atoms with van der Waals surface area (Å²) in [6, 6.07) is 13.7. The minimum Gasteiger partial charge on any atom is -0.493 e. The lowest BCUT2D eigenvalue weighted by Crippen LogP contribution is -2.47. The number of rotatable bonds is 13. The summed E-state index contributed by atoms with van der Waals surface area (Å²) in [5.41, 5.74) is 4.68. The largest absolute Gasteiger partial charge is 0.493 e. The van der Waals surface area contributed by atoms with Gasteiger partial charge in [-0.1, -0.05) is 43.7 Å². The molecule has 0 saturated carbocycles. The second-order valence-electron chi connectivity index (χ2n) is 7.89. The van der Waals surface area contributed by atoms with Crippen molar-refractivity contribution >= 4 is 18.2 Å². The average molecular weight is 494 g/mol. The Hall–Kier alpha value is -4.34. The van der Waals surface area contributed by atoms with Crippen molar-refractivity contribution in [3.8, 4) is 11.5 Å². The van der Waals surface area contributed by atoms with Crippen LogP contribution in [0, 0.1) is 0 Å². The molecule has 1 aromatic heterocycles. The maximum atomic E-state index is 12.8. The first kappa shape index (κ1) is 26.3. The molecule has 0 radical (unpaired) electrons. The summed E-state index contributed by atoms with van der Waals surface area (Å²) in [6.45, 7) is 2.79. The molecule has 190 valence electrons. The molecule has 0 aliphatic carbocycles. The summed E-state index contributed by atoms with van der Waals surface area (Å²) in [5, 5.41) is 6.63. The Balaban J connectivity index is 1.59. The number of imidazole rings is 1. The number of nitrogens with zero attached hydrogens (tertiary/aromatic N) is 2. The van der Waals surface area contributed by atoms with Crippen molar-refractivity contribution < 1.29 is 23.8 Å². The molecule has 3 aromatic rings. The van der Waals surface area contributed by atoms with Crippen molar-refractivity contribution in [2.75, 3.05) is 13.7 Å². The number of alkyl carbamates (subject to hydrolysis) is 1. The average Bonchev–Trinajstić information content (AvgIpc) is 3.41. The lowest BCUT2D eigenvalue weighted by atomic mass is 10.1. The van der Waals surface area contributed by atoms with Crippen LogP contribution in [0.2, 0.25) is 0 Å². The van der Waals surface area contributed by atoms with Crippen LogP contribution in [-0.2, 0) is 22.6 Å². The summed E-state index contributed by atoms with van der Waals surface area (Å²) in [5.74, 6) is 0.704. The predicted octanol–water partition coefficient (Wildman–Crippen LogP) is 3.59. The van der Waals surface area contributed by atoms with Gasteiger partial charge in [-0.15, -0.1) is 0 Å². The van der Waals surface area contributed by atoms with Gasteiger partial charge in [0, 0.05) is 18.3 Å². The van der Waals surface area contributed by atoms with Crippen LogP contribution in [0.15, 0.2) is 66.2 Å². The molecule has 2 amide bonds. The van der Waals surface area contributed by atoms with Crippen LogP contribution < -0.4 is 20.2 Å². The molecule has 0 spiro atoms. The van der Waals surface area contributed by atoms with Crippen LogP contribution in [0.4, 0.5) is 4.79 Å².